The maximum Gasteiger partial charge on any atom is 0.310 e. The van der Waals surface area contributed by atoms with Gasteiger partial charge in [0.05, 0.1) is 11.3 Å². The van der Waals surface area contributed by atoms with Crippen molar-refractivity contribution < 1.29 is 19.6 Å². The summed E-state index contributed by atoms with van der Waals surface area (Å²) in [4.78, 5) is 20.9. The Bertz CT molecular complexity index is 651. The topological polar surface area (TPSA) is 89.7 Å². The molecule has 0 aliphatic rings. The number of carbonyl (C=O) groups is 1. The highest BCUT2D eigenvalue weighted by atomic mass is 16.6. The Hall–Kier alpha value is -2.89. The Morgan fingerprint density at radius 1 is 1.10 bits per heavy atom. The zero-order valence-corrected chi connectivity index (χ0v) is 11.1. The standard InChI is InChI=1S/C15H13NO5/c17-15(18)9-11-5-7-12(8-6-11)10-21-14-4-2-1-3-13(14)16(19)20/h1-8H,9-10H2,(H,17,18). The van der Waals surface area contributed by atoms with Gasteiger partial charge in [0.1, 0.15) is 6.61 Å². The van der Waals surface area contributed by atoms with Gasteiger partial charge in [-0.05, 0) is 17.2 Å². The maximum absolute atomic E-state index is 10.9. The highest BCUT2D eigenvalue weighted by molar-refractivity contribution is 5.70. The summed E-state index contributed by atoms with van der Waals surface area (Å²) in [6, 6.07) is 13.0. The molecule has 0 saturated heterocycles. The van der Waals surface area contributed by atoms with Gasteiger partial charge in [-0.3, -0.25) is 14.9 Å². The van der Waals surface area contributed by atoms with Gasteiger partial charge in [-0.15, -0.1) is 0 Å². The van der Waals surface area contributed by atoms with Gasteiger partial charge in [-0.2, -0.15) is 0 Å². The molecule has 0 amide bonds. The minimum Gasteiger partial charge on any atom is -0.482 e. The van der Waals surface area contributed by atoms with Crippen molar-refractivity contribution >= 4 is 11.7 Å². The van der Waals surface area contributed by atoms with Crippen molar-refractivity contribution in [2.24, 2.45) is 0 Å². The molecule has 2 aromatic carbocycles. The molecule has 2 rings (SSSR count). The first kappa shape index (κ1) is 14.5. The van der Waals surface area contributed by atoms with Gasteiger partial charge in [0.25, 0.3) is 0 Å². The first-order valence-corrected chi connectivity index (χ1v) is 6.22. The van der Waals surface area contributed by atoms with Gasteiger partial charge >= 0.3 is 11.7 Å². The molecule has 1 N–H and O–H groups in total. The molecule has 21 heavy (non-hydrogen) atoms. The van der Waals surface area contributed by atoms with Crippen molar-refractivity contribution in [1.29, 1.82) is 0 Å². The van der Waals surface area contributed by atoms with Crippen molar-refractivity contribution in [3.05, 3.63) is 69.8 Å². The van der Waals surface area contributed by atoms with E-state index in [-0.39, 0.29) is 24.5 Å². The van der Waals surface area contributed by atoms with E-state index < -0.39 is 10.9 Å². The number of ether oxygens (including phenoxy) is 1. The molecule has 0 unspecified atom stereocenters. The van der Waals surface area contributed by atoms with Gasteiger partial charge in [-0.25, -0.2) is 0 Å². The predicted octanol–water partition coefficient (Wildman–Crippen LogP) is 2.80. The van der Waals surface area contributed by atoms with Crippen LogP contribution in [-0.4, -0.2) is 16.0 Å². The maximum atomic E-state index is 10.9. The van der Waals surface area contributed by atoms with E-state index in [0.717, 1.165) is 5.56 Å². The average Bonchev–Trinajstić information content (AvgIpc) is 2.46. The van der Waals surface area contributed by atoms with Gasteiger partial charge in [0.2, 0.25) is 0 Å². The molecule has 0 aliphatic heterocycles. The Kier molecular flexibility index (Phi) is 4.50. The molecule has 0 aliphatic carbocycles. The number of benzene rings is 2. The number of aliphatic carboxylic acids is 1. The van der Waals surface area contributed by atoms with E-state index in [0.29, 0.717) is 5.56 Å². The molecule has 0 aromatic heterocycles. The molecule has 0 radical (unpaired) electrons. The fourth-order valence-corrected chi connectivity index (χ4v) is 1.82. The number of hydrogen-bond donors (Lipinski definition) is 1. The Balaban J connectivity index is 2.03. The summed E-state index contributed by atoms with van der Waals surface area (Å²) >= 11 is 0. The largest absolute Gasteiger partial charge is 0.482 e. The van der Waals surface area contributed by atoms with Gasteiger partial charge in [0.15, 0.2) is 5.75 Å². The van der Waals surface area contributed by atoms with Crippen LogP contribution < -0.4 is 4.74 Å². The van der Waals surface area contributed by atoms with Crippen molar-refractivity contribution in [3.8, 4) is 5.75 Å². The van der Waals surface area contributed by atoms with E-state index in [1.165, 1.54) is 12.1 Å². The van der Waals surface area contributed by atoms with Gasteiger partial charge in [-0.1, -0.05) is 36.4 Å². The fraction of sp³-hybridized carbons (Fsp3) is 0.133. The average molecular weight is 287 g/mol. The minimum absolute atomic E-state index is 0.0364. The molecule has 0 spiro atoms. The molecular formula is C15H13NO5. The third-order valence-electron chi connectivity index (χ3n) is 2.83. The third-order valence-corrected chi connectivity index (χ3v) is 2.83. The summed E-state index contributed by atoms with van der Waals surface area (Å²) in [6.07, 6.45) is -0.0364. The monoisotopic (exact) mass is 287 g/mol. The van der Waals surface area contributed by atoms with Crippen LogP contribution in [0.3, 0.4) is 0 Å². The van der Waals surface area contributed by atoms with Crippen LogP contribution in [0.2, 0.25) is 0 Å². The Morgan fingerprint density at radius 3 is 2.33 bits per heavy atom. The molecule has 0 atom stereocenters. The third kappa shape index (κ3) is 4.04. The van der Waals surface area contributed by atoms with Crippen LogP contribution in [0.5, 0.6) is 5.75 Å². The second-order valence-corrected chi connectivity index (χ2v) is 4.40. The highest BCUT2D eigenvalue weighted by Crippen LogP contribution is 2.26. The van der Waals surface area contributed by atoms with Crippen LogP contribution in [0.1, 0.15) is 11.1 Å². The summed E-state index contributed by atoms with van der Waals surface area (Å²) in [6.45, 7) is 0.179. The molecule has 0 fully saturated rings. The lowest BCUT2D eigenvalue weighted by Gasteiger charge is -2.07. The highest BCUT2D eigenvalue weighted by Gasteiger charge is 2.13. The number of nitro benzene ring substituents is 1. The number of nitrogens with zero attached hydrogens (tertiary/aromatic N) is 1. The van der Waals surface area contributed by atoms with Crippen molar-refractivity contribution in [2.45, 2.75) is 13.0 Å². The molecule has 0 heterocycles. The SMILES string of the molecule is O=C(O)Cc1ccc(COc2ccccc2[N+](=O)[O-])cc1. The van der Waals surface area contributed by atoms with E-state index >= 15 is 0 Å². The van der Waals surface area contributed by atoms with E-state index in [9.17, 15) is 14.9 Å². The Labute approximate surface area is 120 Å². The van der Waals surface area contributed by atoms with E-state index in [1.54, 1.807) is 36.4 Å². The summed E-state index contributed by atoms with van der Waals surface area (Å²) in [5.74, 6) is -0.684. The van der Waals surface area contributed by atoms with Crippen LogP contribution in [0.15, 0.2) is 48.5 Å². The fourth-order valence-electron chi connectivity index (χ4n) is 1.82. The lowest BCUT2D eigenvalue weighted by molar-refractivity contribution is -0.385. The number of para-hydroxylation sites is 2. The first-order chi connectivity index (χ1) is 10.1. The summed E-state index contributed by atoms with van der Waals surface area (Å²) in [5.41, 5.74) is 1.42. The number of carboxylic acids is 1. The van der Waals surface area contributed by atoms with Crippen LogP contribution >= 0.6 is 0 Å². The summed E-state index contributed by atoms with van der Waals surface area (Å²) in [5, 5.41) is 19.5. The minimum atomic E-state index is -0.890. The molecule has 2 aromatic rings. The van der Waals surface area contributed by atoms with E-state index in [2.05, 4.69) is 0 Å². The zero-order valence-electron chi connectivity index (χ0n) is 11.1. The van der Waals surface area contributed by atoms with Gasteiger partial charge in [0, 0.05) is 6.07 Å². The smallest absolute Gasteiger partial charge is 0.310 e. The Morgan fingerprint density at radius 2 is 1.71 bits per heavy atom. The van der Waals surface area contributed by atoms with Crippen molar-refractivity contribution in [3.63, 3.8) is 0 Å². The quantitative estimate of drug-likeness (QED) is 0.651. The number of carboxylic acid groups (broad SMARTS) is 1. The van der Waals surface area contributed by atoms with Gasteiger partial charge < -0.3 is 9.84 Å². The predicted molar refractivity (Wildman–Crippen MR) is 75.2 cm³/mol. The lowest BCUT2D eigenvalue weighted by atomic mass is 10.1. The van der Waals surface area contributed by atoms with Crippen molar-refractivity contribution in [1.82, 2.24) is 0 Å². The van der Waals surface area contributed by atoms with Crippen LogP contribution in [0.25, 0.3) is 0 Å². The molecule has 6 nitrogen and oxygen atoms in total. The summed E-state index contributed by atoms with van der Waals surface area (Å²) < 4.78 is 5.45. The first-order valence-electron chi connectivity index (χ1n) is 6.22. The van der Waals surface area contributed by atoms with E-state index in [1.807, 2.05) is 0 Å². The molecular weight excluding hydrogens is 274 g/mol. The van der Waals surface area contributed by atoms with Crippen LogP contribution in [-0.2, 0) is 17.8 Å². The van der Waals surface area contributed by atoms with Crippen LogP contribution in [0.4, 0.5) is 5.69 Å². The lowest BCUT2D eigenvalue weighted by Crippen LogP contribution is -2.01. The van der Waals surface area contributed by atoms with Crippen LogP contribution in [0, 0.1) is 10.1 Å². The molecule has 108 valence electrons. The second kappa shape index (κ2) is 6.51. The zero-order chi connectivity index (χ0) is 15.2. The summed E-state index contributed by atoms with van der Waals surface area (Å²) in [7, 11) is 0. The normalized spacial score (nSPS) is 10.1. The number of hydrogen-bond acceptors (Lipinski definition) is 4. The van der Waals surface area contributed by atoms with Crippen molar-refractivity contribution in [2.75, 3.05) is 0 Å². The van der Waals surface area contributed by atoms with E-state index in [4.69, 9.17) is 9.84 Å². The molecule has 6 heteroatoms. The molecule has 0 bridgehead atoms. The second-order valence-electron chi connectivity index (χ2n) is 4.40. The number of rotatable bonds is 6. The molecule has 0 saturated carbocycles. The number of nitro groups is 1.